The summed E-state index contributed by atoms with van der Waals surface area (Å²) in [4.78, 5) is 16.3. The van der Waals surface area contributed by atoms with E-state index in [-0.39, 0.29) is 18.7 Å². The molecule has 0 N–H and O–H groups in total. The van der Waals surface area contributed by atoms with Crippen LogP contribution in [0.3, 0.4) is 0 Å². The molecular weight excluding hydrogens is 296 g/mol. The highest BCUT2D eigenvalue weighted by Crippen LogP contribution is 2.33. The Morgan fingerprint density at radius 2 is 2.04 bits per heavy atom. The fraction of sp³-hybridized carbons (Fsp3) is 0.438. The van der Waals surface area contributed by atoms with Crippen molar-refractivity contribution >= 4 is 5.91 Å². The number of nitrogens with zero attached hydrogens (tertiary/aromatic N) is 4. The molecule has 0 spiro atoms. The second-order valence-electron chi connectivity index (χ2n) is 5.83. The van der Waals surface area contributed by atoms with Gasteiger partial charge in [-0.3, -0.25) is 4.79 Å². The van der Waals surface area contributed by atoms with Gasteiger partial charge >= 0.3 is 0 Å². The lowest BCUT2D eigenvalue weighted by Gasteiger charge is -2.24. The van der Waals surface area contributed by atoms with E-state index in [1.165, 1.54) is 0 Å². The summed E-state index contributed by atoms with van der Waals surface area (Å²) in [5.41, 5.74) is 0.946. The zero-order valence-electron chi connectivity index (χ0n) is 12.7. The van der Waals surface area contributed by atoms with Crippen molar-refractivity contribution in [3.8, 4) is 11.5 Å². The predicted octanol–water partition coefficient (Wildman–Crippen LogP) is 1.24. The van der Waals surface area contributed by atoms with Gasteiger partial charge in [0.1, 0.15) is 0 Å². The first-order chi connectivity index (χ1) is 11.3. The summed E-state index contributed by atoms with van der Waals surface area (Å²) in [5, 5.41) is 8.27. The van der Waals surface area contributed by atoms with Crippen molar-refractivity contribution in [1.82, 2.24) is 19.9 Å². The molecule has 0 unspecified atom stereocenters. The molecule has 3 heterocycles. The second-order valence-corrected chi connectivity index (χ2v) is 5.83. The first kappa shape index (κ1) is 14.0. The zero-order valence-corrected chi connectivity index (χ0v) is 12.7. The Bertz CT molecular complexity index is 701. The molecule has 2 aromatic rings. The third-order valence-electron chi connectivity index (χ3n) is 4.33. The van der Waals surface area contributed by atoms with Gasteiger partial charge in [-0.2, -0.15) is 15.0 Å². The first-order valence-electron chi connectivity index (χ1n) is 7.82. The van der Waals surface area contributed by atoms with Gasteiger partial charge in [0.25, 0.3) is 0 Å². The van der Waals surface area contributed by atoms with E-state index in [0.29, 0.717) is 18.7 Å². The molecule has 1 saturated heterocycles. The minimum absolute atomic E-state index is 0.138. The third-order valence-corrected chi connectivity index (χ3v) is 4.33. The van der Waals surface area contributed by atoms with E-state index in [2.05, 4.69) is 10.2 Å². The van der Waals surface area contributed by atoms with E-state index in [0.717, 1.165) is 30.7 Å². The Kier molecular flexibility index (Phi) is 3.61. The Labute approximate surface area is 133 Å². The molecule has 1 atom stereocenters. The summed E-state index contributed by atoms with van der Waals surface area (Å²) in [6.45, 7) is 1.70. The maximum atomic E-state index is 12.7. The number of hydrogen-bond acceptors (Lipinski definition) is 5. The van der Waals surface area contributed by atoms with Gasteiger partial charge in [-0.25, -0.2) is 0 Å². The third kappa shape index (κ3) is 2.86. The smallest absolute Gasteiger partial charge is 0.231 e. The van der Waals surface area contributed by atoms with Crippen molar-refractivity contribution in [2.24, 2.45) is 0 Å². The Morgan fingerprint density at radius 1 is 1.22 bits per heavy atom. The van der Waals surface area contributed by atoms with Crippen molar-refractivity contribution in [2.75, 3.05) is 13.3 Å². The van der Waals surface area contributed by atoms with Gasteiger partial charge in [0.15, 0.2) is 11.5 Å². The van der Waals surface area contributed by atoms with E-state index in [4.69, 9.17) is 9.47 Å². The van der Waals surface area contributed by atoms with Gasteiger partial charge in [0.05, 0.1) is 31.4 Å². The van der Waals surface area contributed by atoms with E-state index < -0.39 is 0 Å². The number of amides is 1. The maximum Gasteiger partial charge on any atom is 0.231 e. The fourth-order valence-corrected chi connectivity index (χ4v) is 3.21. The molecule has 0 aliphatic carbocycles. The van der Waals surface area contributed by atoms with Crippen LogP contribution >= 0.6 is 0 Å². The molecule has 23 heavy (non-hydrogen) atoms. The van der Waals surface area contributed by atoms with E-state index in [1.807, 2.05) is 23.1 Å². The summed E-state index contributed by atoms with van der Waals surface area (Å²) in [5.74, 6) is 1.59. The highest BCUT2D eigenvalue weighted by atomic mass is 16.7. The number of ether oxygens (including phenoxy) is 2. The van der Waals surface area contributed by atoms with Crippen molar-refractivity contribution in [3.05, 3.63) is 36.2 Å². The lowest BCUT2D eigenvalue weighted by atomic mass is 10.1. The van der Waals surface area contributed by atoms with Crippen LogP contribution in [-0.2, 0) is 17.8 Å². The van der Waals surface area contributed by atoms with E-state index in [9.17, 15) is 4.79 Å². The monoisotopic (exact) mass is 314 g/mol. The number of benzene rings is 1. The molecule has 7 nitrogen and oxygen atoms in total. The van der Waals surface area contributed by atoms with Gasteiger partial charge in [-0.15, -0.1) is 0 Å². The predicted molar refractivity (Wildman–Crippen MR) is 81.0 cm³/mol. The van der Waals surface area contributed by atoms with Crippen molar-refractivity contribution in [3.63, 3.8) is 0 Å². The van der Waals surface area contributed by atoms with Crippen LogP contribution in [0.15, 0.2) is 30.6 Å². The lowest BCUT2D eigenvalue weighted by Crippen LogP contribution is -2.39. The number of likely N-dealkylation sites (tertiary alicyclic amines) is 1. The van der Waals surface area contributed by atoms with Gasteiger partial charge in [-0.1, -0.05) is 6.07 Å². The van der Waals surface area contributed by atoms with Crippen LogP contribution in [0.5, 0.6) is 11.5 Å². The number of fused-ring (bicyclic) bond motifs is 1. The van der Waals surface area contributed by atoms with Crippen molar-refractivity contribution in [1.29, 1.82) is 0 Å². The SMILES string of the molecule is O=C(Cc1ccc2c(c1)OCO2)N1CCC[C@@H]1Cn1nccn1. The van der Waals surface area contributed by atoms with Crippen LogP contribution in [0.2, 0.25) is 0 Å². The Balaban J connectivity index is 1.43. The normalized spacial score (nSPS) is 19.3. The van der Waals surface area contributed by atoms with Crippen molar-refractivity contribution < 1.29 is 14.3 Å². The quantitative estimate of drug-likeness (QED) is 0.849. The molecule has 1 fully saturated rings. The van der Waals surface area contributed by atoms with Gasteiger partial charge in [-0.05, 0) is 30.5 Å². The average Bonchev–Trinajstić information content (AvgIpc) is 3.28. The highest BCUT2D eigenvalue weighted by Gasteiger charge is 2.29. The maximum absolute atomic E-state index is 12.7. The minimum atomic E-state index is 0.138. The van der Waals surface area contributed by atoms with Gasteiger partial charge in [0, 0.05) is 6.54 Å². The van der Waals surface area contributed by atoms with Gasteiger partial charge < -0.3 is 14.4 Å². The largest absolute Gasteiger partial charge is 0.454 e. The van der Waals surface area contributed by atoms with Gasteiger partial charge in [0.2, 0.25) is 12.7 Å². The van der Waals surface area contributed by atoms with Crippen molar-refractivity contribution in [2.45, 2.75) is 31.8 Å². The molecule has 4 rings (SSSR count). The number of aromatic nitrogens is 3. The molecule has 0 saturated carbocycles. The minimum Gasteiger partial charge on any atom is -0.454 e. The average molecular weight is 314 g/mol. The van der Waals surface area contributed by atoms with Crippen LogP contribution in [0, 0.1) is 0 Å². The highest BCUT2D eigenvalue weighted by molar-refractivity contribution is 5.79. The number of hydrogen-bond donors (Lipinski definition) is 0. The molecule has 1 aromatic carbocycles. The Hall–Kier alpha value is -2.57. The molecule has 120 valence electrons. The second kappa shape index (κ2) is 5.91. The van der Waals surface area contributed by atoms with Crippen LogP contribution in [0.25, 0.3) is 0 Å². The summed E-state index contributed by atoms with van der Waals surface area (Å²) in [7, 11) is 0. The standard InChI is InChI=1S/C16H18N4O3/c21-16(9-12-3-4-14-15(8-12)23-11-22-14)19-7-1-2-13(19)10-20-17-5-6-18-20/h3-6,8,13H,1-2,7,9-11H2/t13-/m1/s1. The number of carbonyl (C=O) groups is 1. The Morgan fingerprint density at radius 3 is 2.91 bits per heavy atom. The molecule has 1 aromatic heterocycles. The fourth-order valence-electron chi connectivity index (χ4n) is 3.21. The number of carbonyl (C=O) groups excluding carboxylic acids is 1. The van der Waals surface area contributed by atoms with Crippen LogP contribution in [0.4, 0.5) is 0 Å². The summed E-state index contributed by atoms with van der Waals surface area (Å²) >= 11 is 0. The molecule has 0 bridgehead atoms. The molecule has 1 amide bonds. The summed E-state index contributed by atoms with van der Waals surface area (Å²) in [6, 6.07) is 5.84. The van der Waals surface area contributed by atoms with E-state index >= 15 is 0 Å². The number of rotatable bonds is 4. The summed E-state index contributed by atoms with van der Waals surface area (Å²) in [6.07, 6.45) is 5.72. The lowest BCUT2D eigenvalue weighted by molar-refractivity contribution is -0.131. The topological polar surface area (TPSA) is 69.5 Å². The summed E-state index contributed by atoms with van der Waals surface area (Å²) < 4.78 is 10.7. The van der Waals surface area contributed by atoms with E-state index in [1.54, 1.807) is 17.2 Å². The van der Waals surface area contributed by atoms with Crippen LogP contribution in [0.1, 0.15) is 18.4 Å². The zero-order chi connectivity index (χ0) is 15.6. The molecule has 7 heteroatoms. The molecule has 2 aliphatic heterocycles. The van der Waals surface area contributed by atoms with Crippen LogP contribution < -0.4 is 9.47 Å². The molecule has 2 aliphatic rings. The van der Waals surface area contributed by atoms with Crippen LogP contribution in [-0.4, -0.2) is 45.2 Å². The molecular formula is C16H18N4O3. The molecule has 0 radical (unpaired) electrons. The first-order valence-corrected chi connectivity index (χ1v) is 7.82.